The molecule has 19 heavy (non-hydrogen) atoms. The van der Waals surface area contributed by atoms with Crippen LogP contribution in [0.15, 0.2) is 36.4 Å². The number of phenolic OH excluding ortho intramolecular Hbond substituents is 1. The van der Waals surface area contributed by atoms with Crippen LogP contribution >= 0.6 is 11.6 Å². The van der Waals surface area contributed by atoms with Crippen molar-refractivity contribution in [3.8, 4) is 5.75 Å². The van der Waals surface area contributed by atoms with E-state index < -0.39 is 0 Å². The molecule has 2 N–H and O–H groups in total. The number of hydrogen-bond donors (Lipinski definition) is 2. The van der Waals surface area contributed by atoms with E-state index in [0.717, 1.165) is 5.56 Å². The van der Waals surface area contributed by atoms with Crippen LogP contribution in [0.2, 0.25) is 5.02 Å². The lowest BCUT2D eigenvalue weighted by Gasteiger charge is -2.18. The smallest absolute Gasteiger partial charge is 0.146 e. The van der Waals surface area contributed by atoms with Gasteiger partial charge in [-0.2, -0.15) is 0 Å². The van der Waals surface area contributed by atoms with E-state index in [-0.39, 0.29) is 17.6 Å². The highest BCUT2D eigenvalue weighted by atomic mass is 35.5. The summed E-state index contributed by atoms with van der Waals surface area (Å²) < 4.78 is 13.6. The van der Waals surface area contributed by atoms with Gasteiger partial charge in [0.05, 0.1) is 11.7 Å². The fourth-order valence-electron chi connectivity index (χ4n) is 1.94. The molecule has 2 aromatic rings. The predicted molar refractivity (Wildman–Crippen MR) is 76.3 cm³/mol. The van der Waals surface area contributed by atoms with E-state index in [2.05, 4.69) is 5.32 Å². The first-order valence-electron chi connectivity index (χ1n) is 5.98. The number of benzene rings is 2. The average Bonchev–Trinajstić information content (AvgIpc) is 2.33. The van der Waals surface area contributed by atoms with Crippen molar-refractivity contribution in [2.24, 2.45) is 0 Å². The summed E-state index contributed by atoms with van der Waals surface area (Å²) >= 11 is 5.84. The molecule has 0 bridgehead atoms. The second kappa shape index (κ2) is 5.49. The van der Waals surface area contributed by atoms with Crippen LogP contribution in [-0.4, -0.2) is 5.11 Å². The molecule has 0 aliphatic heterocycles. The minimum atomic E-state index is -0.372. The number of phenols is 1. The maximum Gasteiger partial charge on any atom is 0.146 e. The van der Waals surface area contributed by atoms with Gasteiger partial charge in [-0.25, -0.2) is 4.39 Å². The van der Waals surface area contributed by atoms with Crippen LogP contribution in [0, 0.1) is 12.7 Å². The molecule has 0 saturated carbocycles. The number of hydrogen-bond acceptors (Lipinski definition) is 2. The van der Waals surface area contributed by atoms with Crippen LogP contribution in [0.25, 0.3) is 0 Å². The maximum absolute atomic E-state index is 13.6. The van der Waals surface area contributed by atoms with Crippen LogP contribution in [0.3, 0.4) is 0 Å². The number of halogens is 2. The van der Waals surface area contributed by atoms with Gasteiger partial charge in [0.25, 0.3) is 0 Å². The Balaban J connectivity index is 2.25. The largest absolute Gasteiger partial charge is 0.508 e. The zero-order valence-electron chi connectivity index (χ0n) is 10.7. The number of rotatable bonds is 3. The quantitative estimate of drug-likeness (QED) is 0.856. The van der Waals surface area contributed by atoms with Gasteiger partial charge >= 0.3 is 0 Å². The van der Waals surface area contributed by atoms with Gasteiger partial charge in [-0.1, -0.05) is 23.7 Å². The Kier molecular flexibility index (Phi) is 3.96. The van der Waals surface area contributed by atoms with Gasteiger partial charge < -0.3 is 10.4 Å². The Morgan fingerprint density at radius 3 is 2.63 bits per heavy atom. The molecule has 100 valence electrons. The van der Waals surface area contributed by atoms with E-state index in [1.807, 2.05) is 26.0 Å². The number of aromatic hydroxyl groups is 1. The monoisotopic (exact) mass is 279 g/mol. The molecular formula is C15H15ClFNO. The molecule has 2 rings (SSSR count). The second-order valence-electron chi connectivity index (χ2n) is 4.55. The van der Waals surface area contributed by atoms with Gasteiger partial charge in [-0.3, -0.25) is 0 Å². The molecule has 0 aliphatic rings. The van der Waals surface area contributed by atoms with E-state index in [0.29, 0.717) is 16.3 Å². The summed E-state index contributed by atoms with van der Waals surface area (Å²) in [6.07, 6.45) is 0. The summed E-state index contributed by atoms with van der Waals surface area (Å²) in [5.74, 6) is -0.176. The molecule has 0 aliphatic carbocycles. The Morgan fingerprint density at radius 1 is 1.21 bits per heavy atom. The first kappa shape index (κ1) is 13.7. The maximum atomic E-state index is 13.6. The molecule has 0 heterocycles. The summed E-state index contributed by atoms with van der Waals surface area (Å²) in [5.41, 5.74) is 2.01. The summed E-state index contributed by atoms with van der Waals surface area (Å²) in [5, 5.41) is 13.4. The average molecular weight is 280 g/mol. The highest BCUT2D eigenvalue weighted by Crippen LogP contribution is 2.29. The minimum absolute atomic E-state index is 0.197. The molecule has 2 aromatic carbocycles. The zero-order chi connectivity index (χ0) is 14.0. The van der Waals surface area contributed by atoms with Crippen LogP contribution in [0.1, 0.15) is 24.1 Å². The van der Waals surface area contributed by atoms with Gasteiger partial charge in [0, 0.05) is 10.6 Å². The number of anilines is 1. The molecule has 0 saturated heterocycles. The molecule has 2 nitrogen and oxygen atoms in total. The van der Waals surface area contributed by atoms with E-state index in [1.165, 1.54) is 18.2 Å². The highest BCUT2D eigenvalue weighted by Gasteiger charge is 2.12. The zero-order valence-corrected chi connectivity index (χ0v) is 11.5. The molecule has 0 fully saturated rings. The Hall–Kier alpha value is -1.74. The normalized spacial score (nSPS) is 12.2. The lowest BCUT2D eigenvalue weighted by atomic mass is 10.0. The van der Waals surface area contributed by atoms with Crippen LogP contribution in [-0.2, 0) is 0 Å². The van der Waals surface area contributed by atoms with Crippen LogP contribution < -0.4 is 5.32 Å². The molecule has 0 aromatic heterocycles. The molecule has 0 radical (unpaired) electrons. The van der Waals surface area contributed by atoms with Crippen molar-refractivity contribution < 1.29 is 9.50 Å². The predicted octanol–water partition coefficient (Wildman–Crippen LogP) is 4.67. The number of nitrogens with one attached hydrogen (secondary N) is 1. The molecule has 1 atom stereocenters. The fourth-order valence-corrected chi connectivity index (χ4v) is 2.11. The van der Waals surface area contributed by atoms with E-state index >= 15 is 0 Å². The molecule has 0 amide bonds. The standard InChI is InChI=1S/C15H15ClFNO/c1-9-3-5-12(15(19)7-9)10(2)18-14-8-11(16)4-6-13(14)17/h3-8,10,18-19H,1-2H3. The summed E-state index contributed by atoms with van der Waals surface area (Å²) in [4.78, 5) is 0. The molecule has 1 unspecified atom stereocenters. The van der Waals surface area contributed by atoms with Gasteiger partial charge in [0.1, 0.15) is 11.6 Å². The Morgan fingerprint density at radius 2 is 1.95 bits per heavy atom. The first-order valence-corrected chi connectivity index (χ1v) is 6.36. The lowest BCUT2D eigenvalue weighted by Crippen LogP contribution is -2.08. The second-order valence-corrected chi connectivity index (χ2v) is 4.99. The third kappa shape index (κ3) is 3.18. The van der Waals surface area contributed by atoms with Crippen molar-refractivity contribution in [2.45, 2.75) is 19.9 Å². The first-order chi connectivity index (χ1) is 8.97. The van der Waals surface area contributed by atoms with Crippen molar-refractivity contribution in [1.29, 1.82) is 0 Å². The topological polar surface area (TPSA) is 32.3 Å². The van der Waals surface area contributed by atoms with Crippen molar-refractivity contribution >= 4 is 17.3 Å². The fraction of sp³-hybridized carbons (Fsp3) is 0.200. The Labute approximate surface area is 116 Å². The summed E-state index contributed by atoms with van der Waals surface area (Å²) in [7, 11) is 0. The highest BCUT2D eigenvalue weighted by molar-refractivity contribution is 6.30. The third-order valence-electron chi connectivity index (χ3n) is 2.95. The van der Waals surface area contributed by atoms with E-state index in [9.17, 15) is 9.50 Å². The van der Waals surface area contributed by atoms with Crippen LogP contribution in [0.4, 0.5) is 10.1 Å². The van der Waals surface area contributed by atoms with Crippen molar-refractivity contribution in [3.63, 3.8) is 0 Å². The summed E-state index contributed by atoms with van der Waals surface area (Å²) in [6, 6.07) is 9.52. The van der Waals surface area contributed by atoms with Crippen molar-refractivity contribution in [1.82, 2.24) is 0 Å². The van der Waals surface area contributed by atoms with Crippen molar-refractivity contribution in [3.05, 3.63) is 58.4 Å². The number of aryl methyl sites for hydroxylation is 1. The van der Waals surface area contributed by atoms with Gasteiger partial charge in [-0.15, -0.1) is 0 Å². The molecule has 4 heteroatoms. The van der Waals surface area contributed by atoms with E-state index in [4.69, 9.17) is 11.6 Å². The summed E-state index contributed by atoms with van der Waals surface area (Å²) in [6.45, 7) is 3.75. The SMILES string of the molecule is Cc1ccc(C(C)Nc2cc(Cl)ccc2F)c(O)c1. The van der Waals surface area contributed by atoms with Crippen molar-refractivity contribution in [2.75, 3.05) is 5.32 Å². The van der Waals surface area contributed by atoms with Gasteiger partial charge in [0.2, 0.25) is 0 Å². The molecule has 0 spiro atoms. The lowest BCUT2D eigenvalue weighted by molar-refractivity contribution is 0.465. The molecular weight excluding hydrogens is 265 g/mol. The minimum Gasteiger partial charge on any atom is -0.508 e. The third-order valence-corrected chi connectivity index (χ3v) is 3.19. The Bertz CT molecular complexity index is 601. The van der Waals surface area contributed by atoms with Gasteiger partial charge in [0.15, 0.2) is 0 Å². The van der Waals surface area contributed by atoms with Gasteiger partial charge in [-0.05, 0) is 43.7 Å². The van der Waals surface area contributed by atoms with Crippen LogP contribution in [0.5, 0.6) is 5.75 Å². The van der Waals surface area contributed by atoms with E-state index in [1.54, 1.807) is 6.07 Å².